The first-order valence-electron chi connectivity index (χ1n) is 7.91. The van der Waals surface area contributed by atoms with Gasteiger partial charge in [-0.3, -0.25) is 4.68 Å². The minimum atomic E-state index is -1.40. The topological polar surface area (TPSA) is 73.6 Å². The van der Waals surface area contributed by atoms with E-state index in [-0.39, 0.29) is 11.7 Å². The smallest absolute Gasteiger partial charge is 0.489 e. The first-order chi connectivity index (χ1) is 12.5. The number of benzene rings is 2. The molecule has 0 radical (unpaired) electrons. The minimum absolute atomic E-state index is 0.0275. The van der Waals surface area contributed by atoms with Gasteiger partial charge in [0.2, 0.25) is 5.88 Å². The zero-order valence-electron chi connectivity index (χ0n) is 14.1. The summed E-state index contributed by atoms with van der Waals surface area (Å²) in [6.07, 6.45) is -1.40. The molecule has 0 aliphatic heterocycles. The third-order valence-corrected chi connectivity index (χ3v) is 3.75. The van der Waals surface area contributed by atoms with Crippen LogP contribution in [0.5, 0.6) is 11.6 Å². The molecule has 6 nitrogen and oxygen atoms in total. The average molecular weight is 356 g/mol. The number of aryl methyl sites for hydroxylation is 1. The first-order valence-corrected chi connectivity index (χ1v) is 7.91. The largest absolute Gasteiger partial charge is 0.512 e. The van der Waals surface area contributed by atoms with Crippen molar-refractivity contribution in [3.05, 3.63) is 77.2 Å². The highest BCUT2D eigenvalue weighted by atomic mass is 19.1. The third kappa shape index (κ3) is 4.38. The van der Waals surface area contributed by atoms with Crippen LogP contribution in [0.4, 0.5) is 9.18 Å². The van der Waals surface area contributed by atoms with Crippen molar-refractivity contribution in [1.82, 2.24) is 9.78 Å². The molecular weight excluding hydrogens is 339 g/mol. The van der Waals surface area contributed by atoms with Crippen LogP contribution in [0, 0.1) is 12.7 Å². The summed E-state index contributed by atoms with van der Waals surface area (Å²) in [5.41, 5.74) is 2.49. The zero-order valence-corrected chi connectivity index (χ0v) is 14.1. The van der Waals surface area contributed by atoms with E-state index in [2.05, 4.69) is 9.84 Å². The molecule has 1 heterocycles. The molecular formula is C19H17FN2O4. The molecule has 26 heavy (non-hydrogen) atoms. The van der Waals surface area contributed by atoms with Gasteiger partial charge in [-0.15, -0.1) is 5.10 Å². The summed E-state index contributed by atoms with van der Waals surface area (Å²) in [6, 6.07) is 15.2. The van der Waals surface area contributed by atoms with Crippen LogP contribution in [0.2, 0.25) is 0 Å². The fourth-order valence-corrected chi connectivity index (χ4v) is 2.46. The lowest BCUT2D eigenvalue weighted by Crippen LogP contribution is -2.08. The Morgan fingerprint density at radius 3 is 2.65 bits per heavy atom. The number of aromatic nitrogens is 2. The van der Waals surface area contributed by atoms with Crippen LogP contribution < -0.4 is 9.47 Å². The average Bonchev–Trinajstić information content (AvgIpc) is 2.94. The van der Waals surface area contributed by atoms with Gasteiger partial charge in [0.05, 0.1) is 6.54 Å². The standard InChI is InChI=1S/C19H17FN2O4/c1-13-10-18(26-19(23)24)21-22(13)11-15-4-2-3-5-17(15)25-12-14-6-8-16(20)9-7-14/h2-10H,11-12H2,1H3,(H,23,24). The van der Waals surface area contributed by atoms with Crippen molar-refractivity contribution in [3.63, 3.8) is 0 Å². The summed E-state index contributed by atoms with van der Waals surface area (Å²) in [5.74, 6) is 0.412. The van der Waals surface area contributed by atoms with Crippen LogP contribution in [0.25, 0.3) is 0 Å². The van der Waals surface area contributed by atoms with Gasteiger partial charge in [-0.05, 0) is 30.7 Å². The Hall–Kier alpha value is -3.35. The molecule has 3 aromatic rings. The highest BCUT2D eigenvalue weighted by Gasteiger charge is 2.11. The maximum atomic E-state index is 13.0. The number of ether oxygens (including phenoxy) is 2. The zero-order chi connectivity index (χ0) is 18.5. The molecule has 0 atom stereocenters. The molecule has 3 rings (SSSR count). The molecule has 7 heteroatoms. The highest BCUT2D eigenvalue weighted by molar-refractivity contribution is 5.60. The molecule has 0 spiro atoms. The maximum Gasteiger partial charge on any atom is 0.512 e. The minimum Gasteiger partial charge on any atom is -0.489 e. The molecule has 134 valence electrons. The maximum absolute atomic E-state index is 13.0. The molecule has 0 amide bonds. The molecule has 0 unspecified atom stereocenters. The predicted molar refractivity (Wildman–Crippen MR) is 91.9 cm³/mol. The Labute approximate surface area is 149 Å². The van der Waals surface area contributed by atoms with Gasteiger partial charge in [0, 0.05) is 17.3 Å². The van der Waals surface area contributed by atoms with Gasteiger partial charge in [0.25, 0.3) is 0 Å². The second kappa shape index (κ2) is 7.69. The Bertz CT molecular complexity index is 906. The van der Waals surface area contributed by atoms with E-state index in [1.165, 1.54) is 12.1 Å². The van der Waals surface area contributed by atoms with Crippen molar-refractivity contribution in [1.29, 1.82) is 0 Å². The lowest BCUT2D eigenvalue weighted by atomic mass is 10.2. The molecule has 2 aromatic carbocycles. The summed E-state index contributed by atoms with van der Waals surface area (Å²) >= 11 is 0. The lowest BCUT2D eigenvalue weighted by Gasteiger charge is -2.12. The molecule has 0 aliphatic rings. The summed E-state index contributed by atoms with van der Waals surface area (Å²) in [4.78, 5) is 10.6. The van der Waals surface area contributed by atoms with E-state index in [4.69, 9.17) is 9.84 Å². The van der Waals surface area contributed by atoms with E-state index in [9.17, 15) is 9.18 Å². The predicted octanol–water partition coefficient (Wildman–Crippen LogP) is 4.01. The van der Waals surface area contributed by atoms with Crippen LogP contribution in [0.1, 0.15) is 16.8 Å². The van der Waals surface area contributed by atoms with Crippen molar-refractivity contribution in [2.24, 2.45) is 0 Å². The summed E-state index contributed by atoms with van der Waals surface area (Å²) in [5, 5.41) is 12.8. The van der Waals surface area contributed by atoms with Gasteiger partial charge >= 0.3 is 6.16 Å². The van der Waals surface area contributed by atoms with Crippen molar-refractivity contribution >= 4 is 6.16 Å². The van der Waals surface area contributed by atoms with E-state index < -0.39 is 6.16 Å². The number of para-hydroxylation sites is 1. The summed E-state index contributed by atoms with van der Waals surface area (Å²) < 4.78 is 25.1. The Balaban J connectivity index is 1.74. The number of halogens is 1. The molecule has 0 aliphatic carbocycles. The fraction of sp³-hybridized carbons (Fsp3) is 0.158. The molecule has 1 N–H and O–H groups in total. The Morgan fingerprint density at radius 1 is 1.19 bits per heavy atom. The summed E-state index contributed by atoms with van der Waals surface area (Å²) in [6.45, 7) is 2.51. The third-order valence-electron chi connectivity index (χ3n) is 3.75. The monoisotopic (exact) mass is 356 g/mol. The van der Waals surface area contributed by atoms with Gasteiger partial charge in [-0.2, -0.15) is 0 Å². The molecule has 0 saturated carbocycles. The number of rotatable bonds is 6. The van der Waals surface area contributed by atoms with Gasteiger partial charge in [0.1, 0.15) is 18.2 Å². The van der Waals surface area contributed by atoms with Crippen LogP contribution in [0.3, 0.4) is 0 Å². The van der Waals surface area contributed by atoms with Crippen molar-refractivity contribution in [2.45, 2.75) is 20.1 Å². The Kier molecular flexibility index (Phi) is 5.17. The van der Waals surface area contributed by atoms with Gasteiger partial charge in [0.15, 0.2) is 0 Å². The van der Waals surface area contributed by atoms with Crippen LogP contribution in [-0.4, -0.2) is 21.0 Å². The number of nitrogens with zero attached hydrogens (tertiary/aromatic N) is 2. The fourth-order valence-electron chi connectivity index (χ4n) is 2.46. The van der Waals surface area contributed by atoms with Crippen LogP contribution in [-0.2, 0) is 13.2 Å². The van der Waals surface area contributed by atoms with Gasteiger partial charge in [-0.25, -0.2) is 9.18 Å². The molecule has 0 saturated heterocycles. The number of carboxylic acid groups (broad SMARTS) is 1. The Morgan fingerprint density at radius 2 is 1.92 bits per heavy atom. The van der Waals surface area contributed by atoms with Gasteiger partial charge in [-0.1, -0.05) is 30.3 Å². The second-order valence-corrected chi connectivity index (χ2v) is 5.67. The van der Waals surface area contributed by atoms with Crippen LogP contribution in [0.15, 0.2) is 54.6 Å². The quantitative estimate of drug-likeness (QED) is 0.676. The molecule has 0 bridgehead atoms. The second-order valence-electron chi connectivity index (χ2n) is 5.67. The van der Waals surface area contributed by atoms with Gasteiger partial charge < -0.3 is 14.6 Å². The van der Waals surface area contributed by atoms with E-state index in [0.717, 1.165) is 16.8 Å². The number of hydrogen-bond donors (Lipinski definition) is 1. The normalized spacial score (nSPS) is 10.5. The summed E-state index contributed by atoms with van der Waals surface area (Å²) in [7, 11) is 0. The van der Waals surface area contributed by atoms with E-state index in [1.807, 2.05) is 31.2 Å². The first kappa shape index (κ1) is 17.5. The van der Waals surface area contributed by atoms with E-state index in [1.54, 1.807) is 22.9 Å². The van der Waals surface area contributed by atoms with Crippen molar-refractivity contribution in [3.8, 4) is 11.6 Å². The van der Waals surface area contributed by atoms with E-state index >= 15 is 0 Å². The van der Waals surface area contributed by atoms with Crippen molar-refractivity contribution < 1.29 is 23.8 Å². The SMILES string of the molecule is Cc1cc(OC(=O)O)nn1Cc1ccccc1OCc1ccc(F)cc1. The van der Waals surface area contributed by atoms with Crippen LogP contribution >= 0.6 is 0 Å². The number of carbonyl (C=O) groups is 1. The lowest BCUT2D eigenvalue weighted by molar-refractivity contribution is 0.142. The molecule has 0 fully saturated rings. The number of hydrogen-bond acceptors (Lipinski definition) is 4. The molecule has 1 aromatic heterocycles. The van der Waals surface area contributed by atoms with Crippen molar-refractivity contribution in [2.75, 3.05) is 0 Å². The highest BCUT2D eigenvalue weighted by Crippen LogP contribution is 2.22. The van der Waals surface area contributed by atoms with E-state index in [0.29, 0.717) is 18.9 Å².